The molecular weight excluding hydrogens is 259 g/mol. The van der Waals surface area contributed by atoms with Crippen LogP contribution in [0, 0.1) is 5.82 Å². The second kappa shape index (κ2) is 3.32. The van der Waals surface area contributed by atoms with Gasteiger partial charge in [0, 0.05) is 35.2 Å². The van der Waals surface area contributed by atoms with E-state index in [0.29, 0.717) is 0 Å². The molecule has 4 heteroatoms. The molecule has 1 aliphatic rings. The standard InChI is InChI=1S/C11H10BrFN2/c12-11-8-2-1-7(13)5-9(8)15-4-3-14-6-10(11)15/h1-2,5,14H,3-4,6H2. The van der Waals surface area contributed by atoms with E-state index in [4.69, 9.17) is 0 Å². The number of aromatic nitrogens is 1. The Labute approximate surface area is 95.2 Å². The van der Waals surface area contributed by atoms with Crippen molar-refractivity contribution < 1.29 is 4.39 Å². The van der Waals surface area contributed by atoms with Crippen LogP contribution in [-0.2, 0) is 13.1 Å². The Bertz CT molecular complexity index is 533. The Morgan fingerprint density at radius 1 is 1.40 bits per heavy atom. The van der Waals surface area contributed by atoms with Gasteiger partial charge in [0.1, 0.15) is 5.82 Å². The van der Waals surface area contributed by atoms with Crippen LogP contribution in [0.25, 0.3) is 10.9 Å². The lowest BCUT2D eigenvalue weighted by Crippen LogP contribution is -2.27. The summed E-state index contributed by atoms with van der Waals surface area (Å²) in [6.07, 6.45) is 0. The van der Waals surface area contributed by atoms with Crippen LogP contribution in [0.4, 0.5) is 4.39 Å². The SMILES string of the molecule is Fc1ccc2c(Br)c3n(c2c1)CCNC3. The van der Waals surface area contributed by atoms with Crippen LogP contribution in [0.5, 0.6) is 0 Å². The lowest BCUT2D eigenvalue weighted by molar-refractivity contribution is 0.524. The van der Waals surface area contributed by atoms with E-state index in [-0.39, 0.29) is 5.82 Å². The number of benzene rings is 1. The third kappa shape index (κ3) is 1.32. The van der Waals surface area contributed by atoms with Gasteiger partial charge in [0.2, 0.25) is 0 Å². The summed E-state index contributed by atoms with van der Waals surface area (Å²) in [7, 11) is 0. The number of fused-ring (bicyclic) bond motifs is 3. The fraction of sp³-hybridized carbons (Fsp3) is 0.273. The molecule has 0 radical (unpaired) electrons. The first kappa shape index (κ1) is 9.36. The van der Waals surface area contributed by atoms with Gasteiger partial charge in [0.25, 0.3) is 0 Å². The summed E-state index contributed by atoms with van der Waals surface area (Å²) in [4.78, 5) is 0. The molecule has 0 atom stereocenters. The maximum Gasteiger partial charge on any atom is 0.125 e. The molecule has 0 unspecified atom stereocenters. The van der Waals surface area contributed by atoms with Crippen molar-refractivity contribution in [2.45, 2.75) is 13.1 Å². The summed E-state index contributed by atoms with van der Waals surface area (Å²) in [5.74, 6) is -0.172. The topological polar surface area (TPSA) is 17.0 Å². The minimum Gasteiger partial charge on any atom is -0.341 e. The maximum atomic E-state index is 13.2. The molecule has 15 heavy (non-hydrogen) atoms. The first-order valence-corrected chi connectivity index (χ1v) is 5.73. The van der Waals surface area contributed by atoms with Crippen LogP contribution in [0.15, 0.2) is 22.7 Å². The van der Waals surface area contributed by atoms with E-state index >= 15 is 0 Å². The maximum absolute atomic E-state index is 13.2. The van der Waals surface area contributed by atoms with Crippen LogP contribution in [0.1, 0.15) is 5.69 Å². The van der Waals surface area contributed by atoms with E-state index < -0.39 is 0 Å². The molecule has 3 rings (SSSR count). The lowest BCUT2D eigenvalue weighted by Gasteiger charge is -2.17. The summed E-state index contributed by atoms with van der Waals surface area (Å²) in [6.45, 7) is 2.69. The highest BCUT2D eigenvalue weighted by atomic mass is 79.9. The predicted octanol–water partition coefficient (Wildman–Crippen LogP) is 2.65. The van der Waals surface area contributed by atoms with Crippen LogP contribution >= 0.6 is 15.9 Å². The Hall–Kier alpha value is -0.870. The molecule has 1 aliphatic heterocycles. The zero-order chi connectivity index (χ0) is 10.4. The highest BCUT2D eigenvalue weighted by molar-refractivity contribution is 9.10. The summed E-state index contributed by atoms with van der Waals surface area (Å²) < 4.78 is 16.4. The Morgan fingerprint density at radius 2 is 2.27 bits per heavy atom. The molecule has 78 valence electrons. The highest BCUT2D eigenvalue weighted by Crippen LogP contribution is 2.32. The molecule has 0 aliphatic carbocycles. The number of halogens is 2. The van der Waals surface area contributed by atoms with Gasteiger partial charge in [0.05, 0.1) is 5.52 Å². The molecule has 1 N–H and O–H groups in total. The summed E-state index contributed by atoms with van der Waals surface area (Å²) in [5.41, 5.74) is 2.19. The van der Waals surface area contributed by atoms with Gasteiger partial charge in [-0.2, -0.15) is 0 Å². The van der Waals surface area contributed by atoms with Gasteiger partial charge in [-0.05, 0) is 34.1 Å². The molecule has 1 aromatic carbocycles. The van der Waals surface area contributed by atoms with Crippen molar-refractivity contribution >= 4 is 26.8 Å². The summed E-state index contributed by atoms with van der Waals surface area (Å²) in [5, 5.41) is 4.41. The molecule has 2 heterocycles. The second-order valence-electron chi connectivity index (χ2n) is 3.75. The molecule has 0 saturated heterocycles. The molecule has 0 amide bonds. The average molecular weight is 269 g/mol. The third-order valence-corrected chi connectivity index (χ3v) is 3.76. The van der Waals surface area contributed by atoms with Crippen LogP contribution in [0.2, 0.25) is 0 Å². The van der Waals surface area contributed by atoms with E-state index in [0.717, 1.165) is 35.0 Å². The van der Waals surface area contributed by atoms with Crippen molar-refractivity contribution in [1.82, 2.24) is 9.88 Å². The normalized spacial score (nSPS) is 15.6. The van der Waals surface area contributed by atoms with Crippen molar-refractivity contribution in [3.05, 3.63) is 34.2 Å². The van der Waals surface area contributed by atoms with Gasteiger partial charge in [-0.3, -0.25) is 0 Å². The van der Waals surface area contributed by atoms with Gasteiger partial charge in [-0.25, -0.2) is 4.39 Å². The predicted molar refractivity (Wildman–Crippen MR) is 61.3 cm³/mol. The number of hydrogen-bond donors (Lipinski definition) is 1. The third-order valence-electron chi connectivity index (χ3n) is 2.87. The lowest BCUT2D eigenvalue weighted by atomic mass is 10.2. The first-order valence-electron chi connectivity index (χ1n) is 4.94. The second-order valence-corrected chi connectivity index (χ2v) is 4.54. The minimum atomic E-state index is -0.172. The van der Waals surface area contributed by atoms with Crippen LogP contribution in [-0.4, -0.2) is 11.1 Å². The Kier molecular flexibility index (Phi) is 2.07. The fourth-order valence-electron chi connectivity index (χ4n) is 2.16. The Morgan fingerprint density at radius 3 is 3.13 bits per heavy atom. The zero-order valence-electron chi connectivity index (χ0n) is 8.06. The van der Waals surface area contributed by atoms with Crippen molar-refractivity contribution in [3.63, 3.8) is 0 Å². The van der Waals surface area contributed by atoms with Gasteiger partial charge >= 0.3 is 0 Å². The molecule has 2 nitrogen and oxygen atoms in total. The van der Waals surface area contributed by atoms with Crippen molar-refractivity contribution in [2.75, 3.05) is 6.54 Å². The molecule has 0 saturated carbocycles. The fourth-order valence-corrected chi connectivity index (χ4v) is 2.85. The van der Waals surface area contributed by atoms with Gasteiger partial charge in [0.15, 0.2) is 0 Å². The largest absolute Gasteiger partial charge is 0.341 e. The molecule has 0 spiro atoms. The van der Waals surface area contributed by atoms with Crippen LogP contribution < -0.4 is 5.32 Å². The molecule has 0 bridgehead atoms. The first-order chi connectivity index (χ1) is 7.27. The zero-order valence-corrected chi connectivity index (χ0v) is 9.64. The van der Waals surface area contributed by atoms with E-state index in [9.17, 15) is 4.39 Å². The molecule has 1 aromatic heterocycles. The average Bonchev–Trinajstić information content (AvgIpc) is 2.54. The molecule has 0 fully saturated rings. The van der Waals surface area contributed by atoms with E-state index in [2.05, 4.69) is 25.8 Å². The number of hydrogen-bond acceptors (Lipinski definition) is 1. The monoisotopic (exact) mass is 268 g/mol. The quantitative estimate of drug-likeness (QED) is 0.778. The Balaban J connectivity index is 2.39. The van der Waals surface area contributed by atoms with Gasteiger partial charge < -0.3 is 9.88 Å². The molecular formula is C11H10BrFN2. The smallest absolute Gasteiger partial charge is 0.125 e. The summed E-state index contributed by atoms with van der Waals surface area (Å²) >= 11 is 3.58. The molecule has 2 aromatic rings. The van der Waals surface area contributed by atoms with Crippen LogP contribution in [0.3, 0.4) is 0 Å². The van der Waals surface area contributed by atoms with Crippen molar-refractivity contribution in [1.29, 1.82) is 0 Å². The van der Waals surface area contributed by atoms with E-state index in [1.54, 1.807) is 6.07 Å². The highest BCUT2D eigenvalue weighted by Gasteiger charge is 2.17. The van der Waals surface area contributed by atoms with Gasteiger partial charge in [-0.15, -0.1) is 0 Å². The van der Waals surface area contributed by atoms with E-state index in [1.807, 2.05) is 6.07 Å². The van der Waals surface area contributed by atoms with Crippen molar-refractivity contribution in [3.8, 4) is 0 Å². The summed E-state index contributed by atoms with van der Waals surface area (Å²) in [6, 6.07) is 4.95. The minimum absolute atomic E-state index is 0.172. The van der Waals surface area contributed by atoms with E-state index in [1.165, 1.54) is 11.8 Å². The number of nitrogens with one attached hydrogen (secondary N) is 1. The number of nitrogens with zero attached hydrogens (tertiary/aromatic N) is 1. The number of rotatable bonds is 0. The van der Waals surface area contributed by atoms with Crippen molar-refractivity contribution in [2.24, 2.45) is 0 Å². The van der Waals surface area contributed by atoms with Gasteiger partial charge in [-0.1, -0.05) is 0 Å².